The molecule has 8 aromatic rings. The molecule has 0 saturated carbocycles. The summed E-state index contributed by atoms with van der Waals surface area (Å²) < 4.78 is 0. The van der Waals surface area contributed by atoms with Crippen molar-refractivity contribution in [1.82, 2.24) is 15.0 Å². The number of pyridine rings is 1. The van der Waals surface area contributed by atoms with Crippen LogP contribution in [-0.4, -0.2) is 15.0 Å². The van der Waals surface area contributed by atoms with Crippen LogP contribution in [0, 0.1) is 17.9 Å². The van der Waals surface area contributed by atoms with Crippen molar-refractivity contribution in [3.63, 3.8) is 0 Å². The average Bonchev–Trinajstić information content (AvgIpc) is 3.48. The first-order valence-electron chi connectivity index (χ1n) is 16.7. The zero-order valence-corrected chi connectivity index (χ0v) is 27.3. The van der Waals surface area contributed by atoms with Crippen LogP contribution in [0.2, 0.25) is 0 Å². The fraction of sp³-hybridized carbons (Fsp3) is 0.0217. The maximum atomic E-state index is 10.7. The van der Waals surface area contributed by atoms with Gasteiger partial charge in [-0.15, -0.1) is 0 Å². The number of nitriles is 1. The molecule has 0 amide bonds. The Kier molecular flexibility index (Phi) is 7.06. The third-order valence-electron chi connectivity index (χ3n) is 9.69. The first-order valence-corrected chi connectivity index (χ1v) is 16.7. The highest BCUT2D eigenvalue weighted by molar-refractivity contribution is 5.96. The van der Waals surface area contributed by atoms with E-state index in [2.05, 4.69) is 70.5 Å². The van der Waals surface area contributed by atoms with E-state index in [1.54, 1.807) is 6.20 Å². The Balaban J connectivity index is 1.25. The molecule has 236 valence electrons. The summed E-state index contributed by atoms with van der Waals surface area (Å²) in [5, 5.41) is 12.8. The molecular formula is C46H27N5. The van der Waals surface area contributed by atoms with Gasteiger partial charge in [0.15, 0.2) is 11.9 Å². The van der Waals surface area contributed by atoms with Gasteiger partial charge in [0, 0.05) is 34.6 Å². The van der Waals surface area contributed by atoms with Gasteiger partial charge in [0.1, 0.15) is 0 Å². The van der Waals surface area contributed by atoms with Crippen LogP contribution in [-0.2, 0) is 5.54 Å². The van der Waals surface area contributed by atoms with Crippen LogP contribution in [0.25, 0.3) is 82.9 Å². The van der Waals surface area contributed by atoms with E-state index in [1.165, 1.54) is 0 Å². The highest BCUT2D eigenvalue weighted by atomic mass is 14.9. The molecule has 2 aromatic heterocycles. The highest BCUT2D eigenvalue weighted by Gasteiger charge is 2.51. The molecule has 0 spiro atoms. The largest absolute Gasteiger partial charge is 0.367 e. The van der Waals surface area contributed by atoms with E-state index in [-0.39, 0.29) is 0 Å². The van der Waals surface area contributed by atoms with Crippen molar-refractivity contribution in [2.45, 2.75) is 5.54 Å². The van der Waals surface area contributed by atoms with Crippen molar-refractivity contribution in [3.05, 3.63) is 187 Å². The van der Waals surface area contributed by atoms with Crippen LogP contribution in [0.1, 0.15) is 11.1 Å². The van der Waals surface area contributed by atoms with Gasteiger partial charge in [-0.1, -0.05) is 103 Å². The number of fused-ring (bicyclic) bond motifs is 4. The van der Waals surface area contributed by atoms with Crippen LogP contribution in [0.3, 0.4) is 0 Å². The molecular weight excluding hydrogens is 623 g/mol. The zero-order valence-electron chi connectivity index (χ0n) is 27.3. The van der Waals surface area contributed by atoms with Gasteiger partial charge >= 0.3 is 5.54 Å². The molecule has 5 nitrogen and oxygen atoms in total. The number of aromatic nitrogens is 3. The van der Waals surface area contributed by atoms with E-state index in [1.807, 2.05) is 103 Å². The third-order valence-corrected chi connectivity index (χ3v) is 9.69. The summed E-state index contributed by atoms with van der Waals surface area (Å²) in [5.41, 5.74) is 10.1. The predicted molar refractivity (Wildman–Crippen MR) is 203 cm³/mol. The lowest BCUT2D eigenvalue weighted by atomic mass is 9.87. The van der Waals surface area contributed by atoms with Crippen molar-refractivity contribution in [3.8, 4) is 73.4 Å². The third kappa shape index (κ3) is 5.05. The summed E-state index contributed by atoms with van der Waals surface area (Å²) >= 11 is 0. The Bertz CT molecular complexity index is 2640. The van der Waals surface area contributed by atoms with E-state index in [9.17, 15) is 5.26 Å². The molecule has 0 fully saturated rings. The van der Waals surface area contributed by atoms with Gasteiger partial charge in [-0.05, 0) is 87.1 Å². The SMILES string of the molecule is [C-]#[N+]C1(C#N)c2cc(-c3cc(-c4cccnc4)cc(-c4cc(-c5ccccc5)nc(-c5ccccc5)n4)c3)ccc2-c2cc3ccccc3cc21. The Hall–Kier alpha value is -7.21. The lowest BCUT2D eigenvalue weighted by Crippen LogP contribution is -2.17. The number of nitrogens with zero attached hydrogens (tertiary/aromatic N) is 5. The molecule has 0 aliphatic heterocycles. The van der Waals surface area contributed by atoms with Crippen LogP contribution in [0.4, 0.5) is 0 Å². The summed E-state index contributed by atoms with van der Waals surface area (Å²) in [5.74, 6) is 0.638. The minimum absolute atomic E-state index is 0.638. The van der Waals surface area contributed by atoms with Crippen LogP contribution >= 0.6 is 0 Å². The number of benzene rings is 6. The first-order chi connectivity index (χ1) is 25.1. The van der Waals surface area contributed by atoms with E-state index in [0.29, 0.717) is 11.4 Å². The normalized spacial score (nSPS) is 14.3. The fourth-order valence-electron chi connectivity index (χ4n) is 7.14. The first kappa shape index (κ1) is 29.9. The Morgan fingerprint density at radius 2 is 1.12 bits per heavy atom. The molecule has 2 heterocycles. The van der Waals surface area contributed by atoms with Gasteiger partial charge < -0.3 is 0 Å². The monoisotopic (exact) mass is 649 g/mol. The van der Waals surface area contributed by atoms with Crippen LogP contribution in [0.15, 0.2) is 164 Å². The topological polar surface area (TPSA) is 66.8 Å². The van der Waals surface area contributed by atoms with Gasteiger partial charge in [0.25, 0.3) is 0 Å². The molecule has 9 rings (SSSR count). The second kappa shape index (κ2) is 12.0. The summed E-state index contributed by atoms with van der Waals surface area (Å²) in [4.78, 5) is 18.6. The standard InChI is InChI=1S/C46H27N5/c1-48-46(29-47)41-26-34(18-19-39(41)40-24-32-15-8-9-16-33(32)25-42(40)46)36-21-37(35-17-10-20-49-28-35)23-38(22-36)44-27-43(30-11-4-2-5-12-30)50-45(51-44)31-13-6-3-7-14-31/h2-28H. The molecule has 51 heavy (non-hydrogen) atoms. The molecule has 0 saturated heterocycles. The molecule has 6 aromatic carbocycles. The summed E-state index contributed by atoms with van der Waals surface area (Å²) in [7, 11) is 0. The number of hydrogen-bond donors (Lipinski definition) is 0. The van der Waals surface area contributed by atoms with E-state index < -0.39 is 5.54 Å². The molecule has 1 aliphatic carbocycles. The minimum Gasteiger partial charge on any atom is -0.283 e. The summed E-state index contributed by atoms with van der Waals surface area (Å²) in [6.07, 6.45) is 3.63. The van der Waals surface area contributed by atoms with Gasteiger partial charge in [-0.25, -0.2) is 16.5 Å². The van der Waals surface area contributed by atoms with Crippen molar-refractivity contribution >= 4 is 10.8 Å². The van der Waals surface area contributed by atoms with Crippen molar-refractivity contribution in [2.24, 2.45) is 0 Å². The maximum Gasteiger partial charge on any atom is 0.367 e. The molecule has 0 radical (unpaired) electrons. The lowest BCUT2D eigenvalue weighted by molar-refractivity contribution is 0.857. The highest BCUT2D eigenvalue weighted by Crippen LogP contribution is 2.52. The predicted octanol–water partition coefficient (Wildman–Crippen LogP) is 11.0. The molecule has 1 atom stereocenters. The Labute approximate surface area is 295 Å². The van der Waals surface area contributed by atoms with Gasteiger partial charge in [0.2, 0.25) is 0 Å². The van der Waals surface area contributed by atoms with E-state index in [0.717, 1.165) is 77.8 Å². The fourth-order valence-corrected chi connectivity index (χ4v) is 7.14. The van der Waals surface area contributed by atoms with Crippen LogP contribution in [0.5, 0.6) is 0 Å². The van der Waals surface area contributed by atoms with Gasteiger partial charge in [-0.3, -0.25) is 9.83 Å². The van der Waals surface area contributed by atoms with Crippen molar-refractivity contribution in [2.75, 3.05) is 0 Å². The Morgan fingerprint density at radius 1 is 0.510 bits per heavy atom. The van der Waals surface area contributed by atoms with Crippen molar-refractivity contribution < 1.29 is 0 Å². The smallest absolute Gasteiger partial charge is 0.283 e. The molecule has 1 aliphatic rings. The Morgan fingerprint density at radius 3 is 1.80 bits per heavy atom. The minimum atomic E-state index is -1.45. The summed E-state index contributed by atoms with van der Waals surface area (Å²) in [6, 6.07) is 53.4. The van der Waals surface area contributed by atoms with Crippen molar-refractivity contribution in [1.29, 1.82) is 5.26 Å². The van der Waals surface area contributed by atoms with Crippen LogP contribution < -0.4 is 0 Å². The lowest BCUT2D eigenvalue weighted by Gasteiger charge is -2.15. The molecule has 5 heteroatoms. The zero-order chi connectivity index (χ0) is 34.4. The van der Waals surface area contributed by atoms with E-state index >= 15 is 0 Å². The average molecular weight is 650 g/mol. The molecule has 1 unspecified atom stereocenters. The summed E-state index contributed by atoms with van der Waals surface area (Å²) in [6.45, 7) is 8.35. The van der Waals surface area contributed by atoms with Gasteiger partial charge in [0.05, 0.1) is 22.5 Å². The molecule has 0 N–H and O–H groups in total. The van der Waals surface area contributed by atoms with Gasteiger partial charge in [-0.2, -0.15) is 5.26 Å². The second-order valence-corrected chi connectivity index (χ2v) is 12.7. The molecule has 0 bridgehead atoms. The maximum absolute atomic E-state index is 10.7. The number of hydrogen-bond acceptors (Lipinski definition) is 4. The second-order valence-electron chi connectivity index (χ2n) is 12.7. The van der Waals surface area contributed by atoms with E-state index in [4.69, 9.17) is 16.5 Å². The number of rotatable bonds is 5. The quantitative estimate of drug-likeness (QED) is 0.174.